The van der Waals surface area contributed by atoms with Crippen LogP contribution in [0.5, 0.6) is 0 Å². The molecule has 104 valence electrons. The van der Waals surface area contributed by atoms with Gasteiger partial charge in [0.25, 0.3) is 0 Å². The number of hydrogen-bond donors (Lipinski definition) is 1. The van der Waals surface area contributed by atoms with Gasteiger partial charge in [-0.25, -0.2) is 0 Å². The molecule has 1 saturated carbocycles. The van der Waals surface area contributed by atoms with E-state index >= 15 is 0 Å². The number of nitrogens with one attached hydrogen (secondary N) is 1. The number of hydrogen-bond acceptors (Lipinski definition) is 3. The Bertz CT molecular complexity index is 530. The van der Waals surface area contributed by atoms with E-state index in [4.69, 9.17) is 4.74 Å². The topological polar surface area (TPSA) is 45.0 Å². The van der Waals surface area contributed by atoms with Gasteiger partial charge in [0.2, 0.25) is 0 Å². The highest BCUT2D eigenvalue weighted by Crippen LogP contribution is 2.44. The summed E-state index contributed by atoms with van der Waals surface area (Å²) in [5.74, 6) is 0. The van der Waals surface area contributed by atoms with Gasteiger partial charge in [-0.15, -0.1) is 0 Å². The van der Waals surface area contributed by atoms with Crippen molar-refractivity contribution in [1.29, 1.82) is 5.26 Å². The van der Waals surface area contributed by atoms with Crippen LogP contribution in [-0.2, 0) is 10.2 Å². The van der Waals surface area contributed by atoms with Crippen LogP contribution in [0.15, 0.2) is 30.3 Å². The molecule has 3 heteroatoms. The van der Waals surface area contributed by atoms with Crippen molar-refractivity contribution in [3.8, 4) is 6.07 Å². The van der Waals surface area contributed by atoms with Gasteiger partial charge < -0.3 is 10.1 Å². The second kappa shape index (κ2) is 4.58. The molecule has 20 heavy (non-hydrogen) atoms. The summed E-state index contributed by atoms with van der Waals surface area (Å²) in [5.41, 5.74) is 0.905. The number of nitrogens with zero attached hydrogens (tertiary/aromatic N) is 1. The Morgan fingerprint density at radius 3 is 2.60 bits per heavy atom. The van der Waals surface area contributed by atoms with Crippen molar-refractivity contribution in [1.82, 2.24) is 5.32 Å². The fourth-order valence-electron chi connectivity index (χ4n) is 4.16. The lowest BCUT2D eigenvalue weighted by Crippen LogP contribution is -2.55. The van der Waals surface area contributed by atoms with Gasteiger partial charge in [0.15, 0.2) is 0 Å². The zero-order valence-corrected chi connectivity index (χ0v) is 11.6. The molecule has 0 radical (unpaired) electrons. The molecule has 1 aromatic rings. The number of fused-ring (bicyclic) bond motifs is 2. The van der Waals surface area contributed by atoms with Gasteiger partial charge in [0, 0.05) is 12.1 Å². The van der Waals surface area contributed by atoms with Crippen LogP contribution < -0.4 is 5.32 Å². The summed E-state index contributed by atoms with van der Waals surface area (Å²) in [7, 11) is 0. The maximum atomic E-state index is 9.57. The van der Waals surface area contributed by atoms with Crippen LogP contribution in [0.25, 0.3) is 0 Å². The Kier molecular flexibility index (Phi) is 2.83. The lowest BCUT2D eigenvalue weighted by Gasteiger charge is -2.45. The average Bonchev–Trinajstić information content (AvgIpc) is 3.06. The predicted molar refractivity (Wildman–Crippen MR) is 76.2 cm³/mol. The number of ether oxygens (including phenoxy) is 1. The van der Waals surface area contributed by atoms with Gasteiger partial charge in [-0.05, 0) is 37.7 Å². The van der Waals surface area contributed by atoms with E-state index in [-0.39, 0.29) is 5.41 Å². The van der Waals surface area contributed by atoms with Crippen LogP contribution in [0.4, 0.5) is 0 Å². The molecule has 2 aliphatic heterocycles. The maximum Gasteiger partial charge on any atom is 0.0852 e. The zero-order valence-electron chi connectivity index (χ0n) is 11.6. The summed E-state index contributed by atoms with van der Waals surface area (Å²) < 4.78 is 5.89. The molecule has 3 atom stereocenters. The average molecular weight is 268 g/mol. The van der Waals surface area contributed by atoms with E-state index in [1.54, 1.807) is 0 Å². The van der Waals surface area contributed by atoms with Crippen LogP contribution in [0.3, 0.4) is 0 Å². The van der Waals surface area contributed by atoms with E-state index < -0.39 is 0 Å². The first-order valence-electron chi connectivity index (χ1n) is 7.67. The van der Waals surface area contributed by atoms with Crippen molar-refractivity contribution < 1.29 is 4.74 Å². The molecule has 2 saturated heterocycles. The Morgan fingerprint density at radius 2 is 2.00 bits per heavy atom. The highest BCUT2D eigenvalue weighted by Gasteiger charge is 2.49. The second-order valence-corrected chi connectivity index (χ2v) is 6.55. The minimum absolute atomic E-state index is 0.266. The smallest absolute Gasteiger partial charge is 0.0852 e. The SMILES string of the molecule is N#CC1(c2ccccc2)CC(NC2CC3CCC2O3)C1. The molecule has 3 aliphatic rings. The third-order valence-electron chi connectivity index (χ3n) is 5.29. The van der Waals surface area contributed by atoms with E-state index in [0.29, 0.717) is 24.3 Å². The van der Waals surface area contributed by atoms with E-state index in [1.807, 2.05) is 18.2 Å². The molecule has 0 amide bonds. The van der Waals surface area contributed by atoms with Crippen molar-refractivity contribution >= 4 is 0 Å². The van der Waals surface area contributed by atoms with Gasteiger partial charge in [0.05, 0.1) is 23.7 Å². The van der Waals surface area contributed by atoms with E-state index in [0.717, 1.165) is 19.3 Å². The van der Waals surface area contributed by atoms with Gasteiger partial charge in [0.1, 0.15) is 0 Å². The molecular formula is C17H20N2O. The van der Waals surface area contributed by atoms with Crippen LogP contribution in [0, 0.1) is 11.3 Å². The Labute approximate surface area is 119 Å². The summed E-state index contributed by atoms with van der Waals surface area (Å²) in [6, 6.07) is 13.8. The van der Waals surface area contributed by atoms with E-state index in [1.165, 1.54) is 18.4 Å². The maximum absolute atomic E-state index is 9.57. The molecule has 1 N–H and O–H groups in total. The van der Waals surface area contributed by atoms with Gasteiger partial charge in [-0.3, -0.25) is 0 Å². The van der Waals surface area contributed by atoms with Crippen LogP contribution in [0.1, 0.15) is 37.7 Å². The molecule has 2 bridgehead atoms. The third kappa shape index (κ3) is 1.87. The quantitative estimate of drug-likeness (QED) is 0.916. The van der Waals surface area contributed by atoms with E-state index in [9.17, 15) is 5.26 Å². The first-order chi connectivity index (χ1) is 9.79. The van der Waals surface area contributed by atoms with Gasteiger partial charge in [-0.2, -0.15) is 5.26 Å². The van der Waals surface area contributed by atoms with Gasteiger partial charge in [-0.1, -0.05) is 30.3 Å². The first kappa shape index (κ1) is 12.4. The summed E-state index contributed by atoms with van der Waals surface area (Å²) >= 11 is 0. The molecular weight excluding hydrogens is 248 g/mol. The number of rotatable bonds is 3. The van der Waals surface area contributed by atoms with Crippen molar-refractivity contribution in [2.45, 2.75) is 61.8 Å². The summed E-state index contributed by atoms with van der Waals surface area (Å²) in [5, 5.41) is 13.3. The fourth-order valence-corrected chi connectivity index (χ4v) is 4.16. The third-order valence-corrected chi connectivity index (χ3v) is 5.29. The highest BCUT2D eigenvalue weighted by atomic mass is 16.5. The minimum atomic E-state index is -0.266. The van der Waals surface area contributed by atoms with Crippen LogP contribution in [-0.4, -0.2) is 24.3 Å². The molecule has 3 nitrogen and oxygen atoms in total. The Balaban J connectivity index is 1.40. The Morgan fingerprint density at radius 1 is 1.20 bits per heavy atom. The standard InChI is InChI=1S/C17H20N2O/c18-11-17(12-4-2-1-3-5-12)9-13(10-17)19-15-8-14-6-7-16(15)20-14/h1-5,13-16,19H,6-10H2. The number of nitriles is 1. The summed E-state index contributed by atoms with van der Waals surface area (Å²) in [4.78, 5) is 0. The molecule has 4 rings (SSSR count). The van der Waals surface area contributed by atoms with E-state index in [2.05, 4.69) is 23.5 Å². The highest BCUT2D eigenvalue weighted by molar-refractivity contribution is 5.37. The first-order valence-corrected chi connectivity index (χ1v) is 7.67. The Hall–Kier alpha value is -1.37. The van der Waals surface area contributed by atoms with Gasteiger partial charge >= 0.3 is 0 Å². The molecule has 1 aromatic carbocycles. The number of benzene rings is 1. The molecule has 2 heterocycles. The lowest BCUT2D eigenvalue weighted by molar-refractivity contribution is 0.0911. The summed E-state index contributed by atoms with van der Waals surface area (Å²) in [6.07, 6.45) is 6.38. The predicted octanol–water partition coefficient (Wildman–Crippen LogP) is 2.52. The lowest BCUT2D eigenvalue weighted by atomic mass is 9.62. The molecule has 0 spiro atoms. The molecule has 3 unspecified atom stereocenters. The monoisotopic (exact) mass is 268 g/mol. The molecule has 3 fully saturated rings. The van der Waals surface area contributed by atoms with Crippen LogP contribution in [0.2, 0.25) is 0 Å². The van der Waals surface area contributed by atoms with Crippen molar-refractivity contribution in [3.05, 3.63) is 35.9 Å². The van der Waals surface area contributed by atoms with Crippen LogP contribution >= 0.6 is 0 Å². The summed E-state index contributed by atoms with van der Waals surface area (Å²) in [6.45, 7) is 0. The minimum Gasteiger partial charge on any atom is -0.373 e. The second-order valence-electron chi connectivity index (χ2n) is 6.55. The molecule has 0 aromatic heterocycles. The van der Waals surface area contributed by atoms with Crippen molar-refractivity contribution in [2.75, 3.05) is 0 Å². The molecule has 1 aliphatic carbocycles. The largest absolute Gasteiger partial charge is 0.373 e. The normalized spacial score (nSPS) is 42.1. The fraction of sp³-hybridized carbons (Fsp3) is 0.588. The zero-order chi connectivity index (χ0) is 13.6. The van der Waals surface area contributed by atoms with Crippen molar-refractivity contribution in [3.63, 3.8) is 0 Å². The van der Waals surface area contributed by atoms with Crippen molar-refractivity contribution in [2.24, 2.45) is 0 Å².